The molecular formula is C54H35N3. The van der Waals surface area contributed by atoms with Gasteiger partial charge in [0, 0.05) is 50.9 Å². The Kier molecular flexibility index (Phi) is 6.84. The number of pyridine rings is 1. The number of aromatic nitrogens is 3. The van der Waals surface area contributed by atoms with Crippen LogP contribution in [0.1, 0.15) is 22.3 Å². The van der Waals surface area contributed by atoms with Gasteiger partial charge in [-0.05, 0) is 99.6 Å². The van der Waals surface area contributed by atoms with Crippen molar-refractivity contribution in [2.75, 3.05) is 0 Å². The molecule has 0 N–H and O–H groups in total. The Hall–Kier alpha value is -7.49. The van der Waals surface area contributed by atoms with Gasteiger partial charge in [0.05, 0.1) is 27.5 Å². The summed E-state index contributed by atoms with van der Waals surface area (Å²) in [6.45, 7) is 0. The van der Waals surface area contributed by atoms with Gasteiger partial charge in [-0.2, -0.15) is 0 Å². The molecule has 0 saturated carbocycles. The number of hydrogen-bond acceptors (Lipinski definition) is 1. The number of fused-ring (bicyclic) bond motifs is 9. The van der Waals surface area contributed by atoms with E-state index in [1.807, 2.05) is 6.20 Å². The standard InChI is InChI=1S/C54H35N3/c1-3-13-38(14-4-1)54(39-15-5-2-6-16-39)48-31-32-55-35-47(48)45-34-53-46(33-49(45)54)44-19-9-12-22-52(44)57(53)41-29-25-37(26-30-41)36-23-27-40(28-24-36)56-50-20-10-7-17-42(50)43-18-8-11-21-51(43)56/h1-35H. The first-order valence-corrected chi connectivity index (χ1v) is 19.6. The van der Waals surface area contributed by atoms with Gasteiger partial charge in [-0.25, -0.2) is 0 Å². The van der Waals surface area contributed by atoms with Crippen LogP contribution in [0.2, 0.25) is 0 Å². The summed E-state index contributed by atoms with van der Waals surface area (Å²) >= 11 is 0. The number of hydrogen-bond donors (Lipinski definition) is 0. The summed E-state index contributed by atoms with van der Waals surface area (Å²) in [5, 5.41) is 5.03. The van der Waals surface area contributed by atoms with Crippen molar-refractivity contribution in [3.8, 4) is 33.6 Å². The van der Waals surface area contributed by atoms with Gasteiger partial charge in [0.1, 0.15) is 0 Å². The Morgan fingerprint density at radius 1 is 0.351 bits per heavy atom. The molecule has 57 heavy (non-hydrogen) atoms. The van der Waals surface area contributed by atoms with Crippen LogP contribution in [0.3, 0.4) is 0 Å². The lowest BCUT2D eigenvalue weighted by molar-refractivity contribution is 0.768. The Morgan fingerprint density at radius 2 is 0.807 bits per heavy atom. The van der Waals surface area contributed by atoms with E-state index >= 15 is 0 Å². The molecule has 0 bridgehead atoms. The first-order chi connectivity index (χ1) is 28.3. The second-order valence-electron chi connectivity index (χ2n) is 15.1. The minimum absolute atomic E-state index is 0.480. The third-order valence-electron chi connectivity index (χ3n) is 12.3. The van der Waals surface area contributed by atoms with Crippen LogP contribution in [0.4, 0.5) is 0 Å². The average Bonchev–Trinajstić information content (AvgIpc) is 3.90. The van der Waals surface area contributed by atoms with E-state index in [1.165, 1.54) is 88.1 Å². The van der Waals surface area contributed by atoms with Crippen molar-refractivity contribution >= 4 is 43.6 Å². The molecule has 0 aliphatic heterocycles. The van der Waals surface area contributed by atoms with E-state index in [9.17, 15) is 0 Å². The summed E-state index contributed by atoms with van der Waals surface area (Å²) in [5.74, 6) is 0. The lowest BCUT2D eigenvalue weighted by Gasteiger charge is -2.33. The predicted octanol–water partition coefficient (Wildman–Crippen LogP) is 13.3. The van der Waals surface area contributed by atoms with Gasteiger partial charge < -0.3 is 9.13 Å². The van der Waals surface area contributed by atoms with Crippen LogP contribution >= 0.6 is 0 Å². The molecule has 0 unspecified atom stereocenters. The minimum Gasteiger partial charge on any atom is -0.309 e. The van der Waals surface area contributed by atoms with Crippen molar-refractivity contribution in [3.05, 3.63) is 235 Å². The lowest BCUT2D eigenvalue weighted by Crippen LogP contribution is -2.28. The Balaban J connectivity index is 1.00. The van der Waals surface area contributed by atoms with Crippen LogP contribution in [0.25, 0.3) is 77.2 Å². The van der Waals surface area contributed by atoms with Gasteiger partial charge in [-0.15, -0.1) is 0 Å². The van der Waals surface area contributed by atoms with E-state index in [4.69, 9.17) is 0 Å². The quantitative estimate of drug-likeness (QED) is 0.173. The maximum absolute atomic E-state index is 4.69. The third kappa shape index (κ3) is 4.51. The van der Waals surface area contributed by atoms with Gasteiger partial charge in [0.15, 0.2) is 0 Å². The molecule has 266 valence electrons. The van der Waals surface area contributed by atoms with Gasteiger partial charge >= 0.3 is 0 Å². The summed E-state index contributed by atoms with van der Waals surface area (Å²) in [7, 11) is 0. The molecule has 3 aromatic heterocycles. The van der Waals surface area contributed by atoms with E-state index in [-0.39, 0.29) is 0 Å². The molecule has 0 radical (unpaired) electrons. The fourth-order valence-corrected chi connectivity index (χ4v) is 9.88. The maximum Gasteiger partial charge on any atom is 0.0714 e. The van der Waals surface area contributed by atoms with E-state index in [2.05, 4.69) is 221 Å². The highest BCUT2D eigenvalue weighted by atomic mass is 15.0. The largest absolute Gasteiger partial charge is 0.309 e. The predicted molar refractivity (Wildman–Crippen MR) is 236 cm³/mol. The molecule has 0 saturated heterocycles. The van der Waals surface area contributed by atoms with Gasteiger partial charge in [0.2, 0.25) is 0 Å². The highest BCUT2D eigenvalue weighted by molar-refractivity contribution is 6.12. The molecule has 8 aromatic carbocycles. The van der Waals surface area contributed by atoms with Crippen LogP contribution in [-0.2, 0) is 5.41 Å². The zero-order valence-corrected chi connectivity index (χ0v) is 31.0. The van der Waals surface area contributed by atoms with Crippen LogP contribution in [0.15, 0.2) is 213 Å². The van der Waals surface area contributed by atoms with Gasteiger partial charge in [-0.1, -0.05) is 140 Å². The number of benzene rings is 8. The summed E-state index contributed by atoms with van der Waals surface area (Å²) < 4.78 is 4.80. The number of nitrogens with zero attached hydrogens (tertiary/aromatic N) is 3. The number of rotatable bonds is 5. The first kappa shape index (κ1) is 31.8. The molecule has 3 heterocycles. The molecule has 1 aliphatic carbocycles. The summed E-state index contributed by atoms with van der Waals surface area (Å²) in [6.07, 6.45) is 4.00. The lowest BCUT2D eigenvalue weighted by atomic mass is 9.67. The van der Waals surface area contributed by atoms with Crippen LogP contribution in [-0.4, -0.2) is 14.1 Å². The van der Waals surface area contributed by atoms with Crippen molar-refractivity contribution < 1.29 is 0 Å². The molecule has 0 fully saturated rings. The number of para-hydroxylation sites is 3. The molecule has 1 aliphatic rings. The highest BCUT2D eigenvalue weighted by Crippen LogP contribution is 2.57. The smallest absolute Gasteiger partial charge is 0.0714 e. The topological polar surface area (TPSA) is 22.8 Å². The second kappa shape index (κ2) is 12.3. The molecule has 0 atom stereocenters. The maximum atomic E-state index is 4.69. The molecular weight excluding hydrogens is 691 g/mol. The van der Waals surface area contributed by atoms with Crippen molar-refractivity contribution in [1.82, 2.24) is 14.1 Å². The zero-order valence-electron chi connectivity index (χ0n) is 31.0. The van der Waals surface area contributed by atoms with Crippen LogP contribution < -0.4 is 0 Å². The van der Waals surface area contributed by atoms with Crippen molar-refractivity contribution in [2.24, 2.45) is 0 Å². The Morgan fingerprint density at radius 3 is 1.33 bits per heavy atom. The monoisotopic (exact) mass is 725 g/mol. The SMILES string of the molecule is c1ccc(C2(c3ccccc3)c3ccncc3-c3cc4c(cc32)c2ccccc2n4-c2ccc(-c3ccc(-n4c5ccccc5c5ccccc54)cc3)cc2)cc1. The fourth-order valence-electron chi connectivity index (χ4n) is 9.88. The molecule has 3 heteroatoms. The molecule has 11 aromatic rings. The van der Waals surface area contributed by atoms with E-state index in [1.54, 1.807) is 0 Å². The van der Waals surface area contributed by atoms with Crippen LogP contribution in [0.5, 0.6) is 0 Å². The summed E-state index contributed by atoms with van der Waals surface area (Å²) in [6, 6.07) is 73.3. The summed E-state index contributed by atoms with van der Waals surface area (Å²) in [5.41, 5.74) is 16.5. The molecule has 0 spiro atoms. The average molecular weight is 726 g/mol. The second-order valence-corrected chi connectivity index (χ2v) is 15.1. The molecule has 0 amide bonds. The van der Waals surface area contributed by atoms with Gasteiger partial charge in [-0.3, -0.25) is 4.98 Å². The Labute approximate surface area is 330 Å². The van der Waals surface area contributed by atoms with E-state index in [0.717, 1.165) is 11.4 Å². The van der Waals surface area contributed by atoms with Crippen molar-refractivity contribution in [1.29, 1.82) is 0 Å². The molecule has 3 nitrogen and oxygen atoms in total. The fraction of sp³-hybridized carbons (Fsp3) is 0.0185. The van der Waals surface area contributed by atoms with Gasteiger partial charge in [0.25, 0.3) is 0 Å². The van der Waals surface area contributed by atoms with Crippen molar-refractivity contribution in [2.45, 2.75) is 5.41 Å². The van der Waals surface area contributed by atoms with Crippen LogP contribution in [0, 0.1) is 0 Å². The van der Waals surface area contributed by atoms with E-state index in [0.29, 0.717) is 0 Å². The first-order valence-electron chi connectivity index (χ1n) is 19.6. The third-order valence-corrected chi connectivity index (χ3v) is 12.3. The highest BCUT2D eigenvalue weighted by Gasteiger charge is 2.46. The van der Waals surface area contributed by atoms with E-state index < -0.39 is 5.41 Å². The summed E-state index contributed by atoms with van der Waals surface area (Å²) in [4.78, 5) is 4.69. The van der Waals surface area contributed by atoms with Crippen molar-refractivity contribution in [3.63, 3.8) is 0 Å². The normalized spacial score (nSPS) is 13.1. The Bertz CT molecular complexity index is 3220. The molecule has 12 rings (SSSR count). The zero-order chi connectivity index (χ0) is 37.5. The minimum atomic E-state index is -0.480.